The molecule has 33 heavy (non-hydrogen) atoms. The zero-order chi connectivity index (χ0) is 23.0. The van der Waals surface area contributed by atoms with Crippen molar-refractivity contribution in [1.82, 2.24) is 14.8 Å². The third kappa shape index (κ3) is 3.89. The van der Waals surface area contributed by atoms with Crippen LogP contribution in [0.3, 0.4) is 0 Å². The van der Waals surface area contributed by atoms with Crippen LogP contribution in [0, 0.1) is 0 Å². The van der Waals surface area contributed by atoms with Crippen molar-refractivity contribution in [2.45, 2.75) is 16.3 Å². The summed E-state index contributed by atoms with van der Waals surface area (Å²) < 4.78 is 43.7. The summed E-state index contributed by atoms with van der Waals surface area (Å²) in [5, 5.41) is 5.01. The van der Waals surface area contributed by atoms with E-state index in [1.165, 1.54) is 48.3 Å². The lowest BCUT2D eigenvalue weighted by atomic mass is 10.2. The molecule has 9 nitrogen and oxygen atoms in total. The lowest BCUT2D eigenvalue weighted by molar-refractivity contribution is 0.171. The summed E-state index contributed by atoms with van der Waals surface area (Å²) in [6, 6.07) is 12.4. The van der Waals surface area contributed by atoms with E-state index < -0.39 is 9.84 Å². The van der Waals surface area contributed by atoms with Gasteiger partial charge in [0.2, 0.25) is 15.7 Å². The van der Waals surface area contributed by atoms with Crippen LogP contribution in [0.15, 0.2) is 75.5 Å². The highest BCUT2D eigenvalue weighted by atomic mass is 32.2. The fourth-order valence-electron chi connectivity index (χ4n) is 3.57. The molecule has 0 spiro atoms. The van der Waals surface area contributed by atoms with Gasteiger partial charge in [-0.05, 0) is 35.9 Å². The molecule has 2 aromatic carbocycles. The average Bonchev–Trinajstić information content (AvgIpc) is 2.85. The van der Waals surface area contributed by atoms with Crippen LogP contribution in [0.2, 0.25) is 0 Å². The van der Waals surface area contributed by atoms with Crippen LogP contribution in [0.4, 0.5) is 0 Å². The number of sulfone groups is 1. The van der Waals surface area contributed by atoms with Crippen molar-refractivity contribution in [3.63, 3.8) is 0 Å². The molecule has 2 aromatic heterocycles. The van der Waals surface area contributed by atoms with Crippen LogP contribution >= 0.6 is 0 Å². The number of methoxy groups -OCH3 is 1. The number of aromatic nitrogens is 3. The van der Waals surface area contributed by atoms with Gasteiger partial charge in [0.1, 0.15) is 13.2 Å². The Morgan fingerprint density at radius 3 is 2.48 bits per heavy atom. The molecule has 5 rings (SSSR count). The first-order chi connectivity index (χ1) is 16.0. The minimum atomic E-state index is -3.83. The number of ether oxygens (including phenoxy) is 3. The number of rotatable bonds is 5. The molecule has 3 heterocycles. The Labute approximate surface area is 189 Å². The number of benzene rings is 2. The third-order valence-electron chi connectivity index (χ3n) is 5.30. The van der Waals surface area contributed by atoms with Gasteiger partial charge in [-0.25, -0.2) is 18.1 Å². The van der Waals surface area contributed by atoms with Gasteiger partial charge in [0.15, 0.2) is 11.5 Å². The number of hydrogen-bond acceptors (Lipinski definition) is 8. The molecular formula is C23H19N3O6S. The smallest absolute Gasteiger partial charge is 0.274 e. The van der Waals surface area contributed by atoms with Crippen LogP contribution in [0.1, 0.15) is 5.56 Å². The molecule has 0 aliphatic carbocycles. The zero-order valence-electron chi connectivity index (χ0n) is 17.6. The van der Waals surface area contributed by atoms with Crippen molar-refractivity contribution in [2.24, 2.45) is 0 Å². The van der Waals surface area contributed by atoms with E-state index in [1.807, 2.05) is 0 Å². The minimum absolute atomic E-state index is 0.0602. The van der Waals surface area contributed by atoms with Crippen LogP contribution < -0.4 is 19.8 Å². The van der Waals surface area contributed by atoms with Gasteiger partial charge in [0, 0.05) is 23.7 Å². The van der Waals surface area contributed by atoms with Crippen LogP contribution in [0.25, 0.3) is 10.8 Å². The number of pyridine rings is 1. The summed E-state index contributed by atoms with van der Waals surface area (Å²) in [7, 11) is -2.31. The molecule has 1 aliphatic rings. The van der Waals surface area contributed by atoms with Gasteiger partial charge in [-0.2, -0.15) is 5.10 Å². The molecule has 168 valence electrons. The van der Waals surface area contributed by atoms with E-state index >= 15 is 0 Å². The second-order valence-electron chi connectivity index (χ2n) is 7.37. The summed E-state index contributed by atoms with van der Waals surface area (Å²) in [6.07, 6.45) is 3.09. The van der Waals surface area contributed by atoms with Gasteiger partial charge in [-0.15, -0.1) is 0 Å². The van der Waals surface area contributed by atoms with Crippen molar-refractivity contribution in [3.8, 4) is 17.4 Å². The highest BCUT2D eigenvalue weighted by Gasteiger charge is 2.22. The maximum Gasteiger partial charge on any atom is 0.274 e. The normalized spacial score (nSPS) is 13.1. The molecule has 0 saturated carbocycles. The molecule has 10 heteroatoms. The Balaban J connectivity index is 1.48. The van der Waals surface area contributed by atoms with Gasteiger partial charge < -0.3 is 14.2 Å². The SMILES string of the molecule is COc1ccc(Cn2ncc3cc(S(=O)(=O)c4ccc5c(c4)OCCO5)ccc3c2=O)cn1. The van der Waals surface area contributed by atoms with Gasteiger partial charge in [-0.1, -0.05) is 6.07 Å². The van der Waals surface area contributed by atoms with Gasteiger partial charge in [-0.3, -0.25) is 4.79 Å². The van der Waals surface area contributed by atoms with Gasteiger partial charge in [0.05, 0.1) is 35.0 Å². The van der Waals surface area contributed by atoms with E-state index in [4.69, 9.17) is 14.2 Å². The van der Waals surface area contributed by atoms with E-state index in [9.17, 15) is 13.2 Å². The first-order valence-corrected chi connectivity index (χ1v) is 11.6. The fourth-order valence-corrected chi connectivity index (χ4v) is 4.88. The molecule has 0 N–H and O–H groups in total. The third-order valence-corrected chi connectivity index (χ3v) is 7.05. The largest absolute Gasteiger partial charge is 0.486 e. The molecular weight excluding hydrogens is 446 g/mol. The molecule has 0 bridgehead atoms. The highest BCUT2D eigenvalue weighted by Crippen LogP contribution is 2.34. The van der Waals surface area contributed by atoms with Crippen LogP contribution in [-0.2, 0) is 16.4 Å². The van der Waals surface area contributed by atoms with E-state index in [-0.39, 0.29) is 21.9 Å². The molecule has 0 amide bonds. The first-order valence-electron chi connectivity index (χ1n) is 10.1. The van der Waals surface area contributed by atoms with E-state index in [2.05, 4.69) is 10.1 Å². The standard InChI is InChI=1S/C23H19N3O6S/c1-30-22-7-2-15(12-24-22)14-26-23(27)19-5-3-17(10-16(19)13-25-26)33(28,29)18-4-6-20-21(11-18)32-9-8-31-20/h2-7,10-13H,8-9,14H2,1H3. The molecule has 0 fully saturated rings. The Morgan fingerprint density at radius 2 is 1.73 bits per heavy atom. The van der Waals surface area contributed by atoms with Gasteiger partial charge >= 0.3 is 0 Å². The molecule has 4 aromatic rings. The summed E-state index contributed by atoms with van der Waals surface area (Å²) in [4.78, 5) is 17.2. The summed E-state index contributed by atoms with van der Waals surface area (Å²) in [6.45, 7) is 1.00. The Hall–Kier alpha value is -3.92. The first kappa shape index (κ1) is 21.0. The van der Waals surface area contributed by atoms with E-state index in [1.54, 1.807) is 24.4 Å². The monoisotopic (exact) mass is 465 g/mol. The van der Waals surface area contributed by atoms with E-state index in [0.29, 0.717) is 41.4 Å². The topological polar surface area (TPSA) is 110 Å². The lowest BCUT2D eigenvalue weighted by Gasteiger charge is -2.18. The molecule has 0 saturated heterocycles. The van der Waals surface area contributed by atoms with Crippen LogP contribution in [-0.4, -0.2) is 43.5 Å². The Morgan fingerprint density at radius 1 is 0.970 bits per heavy atom. The van der Waals surface area contributed by atoms with Crippen molar-refractivity contribution >= 4 is 20.6 Å². The Kier molecular flexibility index (Phi) is 5.21. The summed E-state index contributed by atoms with van der Waals surface area (Å²) in [5.74, 6) is 1.38. The second-order valence-corrected chi connectivity index (χ2v) is 9.32. The summed E-state index contributed by atoms with van der Waals surface area (Å²) >= 11 is 0. The lowest BCUT2D eigenvalue weighted by Crippen LogP contribution is -2.23. The van der Waals surface area contributed by atoms with Crippen molar-refractivity contribution in [2.75, 3.05) is 20.3 Å². The van der Waals surface area contributed by atoms with E-state index in [0.717, 1.165) is 5.56 Å². The molecule has 0 radical (unpaired) electrons. The zero-order valence-corrected chi connectivity index (χ0v) is 18.4. The fraction of sp³-hybridized carbons (Fsp3) is 0.174. The number of fused-ring (bicyclic) bond motifs is 2. The van der Waals surface area contributed by atoms with Crippen LogP contribution in [0.5, 0.6) is 17.4 Å². The predicted octanol–water partition coefficient (Wildman–Crippen LogP) is 2.45. The quantitative estimate of drug-likeness (QED) is 0.442. The Bertz CT molecular complexity index is 1510. The minimum Gasteiger partial charge on any atom is -0.486 e. The molecule has 0 atom stereocenters. The van der Waals surface area contributed by atoms with Crippen molar-refractivity contribution in [1.29, 1.82) is 0 Å². The summed E-state index contributed by atoms with van der Waals surface area (Å²) in [5.41, 5.74) is 0.453. The van der Waals surface area contributed by atoms with Crippen molar-refractivity contribution < 1.29 is 22.6 Å². The maximum atomic E-state index is 13.2. The van der Waals surface area contributed by atoms with Gasteiger partial charge in [0.25, 0.3) is 5.56 Å². The predicted molar refractivity (Wildman–Crippen MR) is 119 cm³/mol. The second kappa shape index (κ2) is 8.21. The number of nitrogens with zero attached hydrogens (tertiary/aromatic N) is 3. The molecule has 1 aliphatic heterocycles. The maximum absolute atomic E-state index is 13.2. The molecule has 0 unspecified atom stereocenters. The van der Waals surface area contributed by atoms with Crippen molar-refractivity contribution in [3.05, 3.63) is 76.8 Å². The number of hydrogen-bond donors (Lipinski definition) is 0. The average molecular weight is 465 g/mol. The highest BCUT2D eigenvalue weighted by molar-refractivity contribution is 7.91.